The van der Waals surface area contributed by atoms with Gasteiger partial charge in [-0.15, -0.1) is 0 Å². The highest BCUT2D eigenvalue weighted by Crippen LogP contribution is 2.34. The molecule has 0 saturated carbocycles. The fraction of sp³-hybridized carbons (Fsp3) is 0.194. The summed E-state index contributed by atoms with van der Waals surface area (Å²) in [6.07, 6.45) is 1.45. The minimum atomic E-state index is -3.51. The molecular formula is C31H29ClN2O5S. The van der Waals surface area contributed by atoms with Gasteiger partial charge in [0, 0.05) is 23.5 Å². The quantitative estimate of drug-likeness (QED) is 0.225. The van der Waals surface area contributed by atoms with E-state index in [0.717, 1.165) is 5.56 Å². The van der Waals surface area contributed by atoms with Gasteiger partial charge in [-0.1, -0.05) is 54.1 Å². The maximum absolute atomic E-state index is 13.0. The molecule has 9 heteroatoms. The highest BCUT2D eigenvalue weighted by molar-refractivity contribution is 7.90. The lowest BCUT2D eigenvalue weighted by Gasteiger charge is -2.27. The number of carbonyl (C=O) groups is 1. The van der Waals surface area contributed by atoms with Crippen LogP contribution in [0.2, 0.25) is 5.02 Å². The molecule has 1 aliphatic rings. The number of hydrogen-bond acceptors (Lipinski definition) is 5. The number of urea groups is 1. The Balaban J connectivity index is 1.32. The molecule has 1 N–H and O–H groups in total. The van der Waals surface area contributed by atoms with Gasteiger partial charge in [0.05, 0.1) is 11.3 Å². The summed E-state index contributed by atoms with van der Waals surface area (Å²) in [5.41, 5.74) is 2.29. The molecule has 40 heavy (non-hydrogen) atoms. The highest BCUT2D eigenvalue weighted by Gasteiger charge is 2.37. The number of carbonyl (C=O) groups excluding carboxylic acids is 1. The molecule has 7 nitrogen and oxygen atoms in total. The van der Waals surface area contributed by atoms with Gasteiger partial charge in [0.1, 0.15) is 23.9 Å². The van der Waals surface area contributed by atoms with Crippen LogP contribution in [0, 0.1) is 0 Å². The molecule has 0 aliphatic carbocycles. The number of rotatable bonds is 10. The third kappa shape index (κ3) is 6.76. The lowest BCUT2D eigenvalue weighted by molar-refractivity contribution is 0.251. The Kier molecular flexibility index (Phi) is 8.28. The van der Waals surface area contributed by atoms with Crippen molar-refractivity contribution < 1.29 is 22.7 Å². The molecule has 2 amide bonds. The summed E-state index contributed by atoms with van der Waals surface area (Å²) in [5, 5.41) is 2.66. The number of halogens is 1. The van der Waals surface area contributed by atoms with Gasteiger partial charge in [-0.3, -0.25) is 4.90 Å². The largest absolute Gasteiger partial charge is 0.489 e. The zero-order valence-corrected chi connectivity index (χ0v) is 23.4. The van der Waals surface area contributed by atoms with Crippen molar-refractivity contribution in [3.63, 3.8) is 0 Å². The average molecular weight is 577 g/mol. The van der Waals surface area contributed by atoms with Gasteiger partial charge in [-0.05, 0) is 78.2 Å². The van der Waals surface area contributed by atoms with Crippen molar-refractivity contribution in [1.82, 2.24) is 5.32 Å². The minimum absolute atomic E-state index is 0.225. The summed E-state index contributed by atoms with van der Waals surface area (Å²) in [6.45, 7) is 0.707. The van der Waals surface area contributed by atoms with Gasteiger partial charge in [-0.25, -0.2) is 13.2 Å². The molecule has 1 heterocycles. The number of hydrogen-bond donors (Lipinski definition) is 1. The van der Waals surface area contributed by atoms with Crippen molar-refractivity contribution >= 4 is 33.2 Å². The first kappa shape index (κ1) is 27.6. The van der Waals surface area contributed by atoms with Gasteiger partial charge in [0.2, 0.25) is 0 Å². The smallest absolute Gasteiger partial charge is 0.322 e. The summed E-state index contributed by atoms with van der Waals surface area (Å²) in [4.78, 5) is 14.4. The Hall–Kier alpha value is -4.01. The molecule has 1 fully saturated rings. The van der Waals surface area contributed by atoms with E-state index in [4.69, 9.17) is 21.1 Å². The summed E-state index contributed by atoms with van der Waals surface area (Å²) in [5.74, 6) is 1.83. The second-order valence-electron chi connectivity index (χ2n) is 9.66. The molecule has 0 aromatic heterocycles. The van der Waals surface area contributed by atoms with Crippen LogP contribution in [-0.4, -0.2) is 33.3 Å². The van der Waals surface area contributed by atoms with Crippen LogP contribution in [0.15, 0.2) is 103 Å². The fourth-order valence-corrected chi connectivity index (χ4v) is 6.07. The van der Waals surface area contributed by atoms with Gasteiger partial charge in [0.15, 0.2) is 9.84 Å². The molecule has 0 spiro atoms. The van der Waals surface area contributed by atoms with Crippen molar-refractivity contribution in [2.75, 3.05) is 17.7 Å². The topological polar surface area (TPSA) is 84.9 Å². The van der Waals surface area contributed by atoms with Crippen LogP contribution in [0.5, 0.6) is 17.2 Å². The molecule has 0 radical (unpaired) electrons. The Bertz CT molecular complexity index is 1560. The first-order chi connectivity index (χ1) is 19.3. The number of sulfone groups is 1. The maximum atomic E-state index is 13.0. The van der Waals surface area contributed by atoms with Crippen LogP contribution in [0.25, 0.3) is 0 Å². The summed E-state index contributed by atoms with van der Waals surface area (Å²) < 4.78 is 37.8. The normalized spacial score (nSPS) is 15.9. The third-order valence-corrected chi connectivity index (χ3v) is 8.47. The summed E-state index contributed by atoms with van der Waals surface area (Å²) in [6, 6.07) is 30.4. The number of nitrogens with zero attached hydrogens (tertiary/aromatic N) is 1. The van der Waals surface area contributed by atoms with Crippen LogP contribution in [0.1, 0.15) is 22.8 Å². The lowest BCUT2D eigenvalue weighted by Crippen LogP contribution is -2.36. The van der Waals surface area contributed by atoms with Crippen molar-refractivity contribution in [2.24, 2.45) is 0 Å². The van der Waals surface area contributed by atoms with E-state index in [1.807, 2.05) is 36.4 Å². The van der Waals surface area contributed by atoms with Gasteiger partial charge in [-0.2, -0.15) is 0 Å². The minimum Gasteiger partial charge on any atom is -0.489 e. The van der Waals surface area contributed by atoms with Crippen LogP contribution < -0.4 is 19.7 Å². The van der Waals surface area contributed by atoms with Crippen LogP contribution in [0.4, 0.5) is 10.5 Å². The van der Waals surface area contributed by atoms with Crippen molar-refractivity contribution in [1.29, 1.82) is 0 Å². The van der Waals surface area contributed by atoms with Crippen LogP contribution >= 0.6 is 11.6 Å². The van der Waals surface area contributed by atoms with Gasteiger partial charge in [0.25, 0.3) is 0 Å². The number of ether oxygens (including phenoxy) is 2. The van der Waals surface area contributed by atoms with E-state index < -0.39 is 15.1 Å². The van der Waals surface area contributed by atoms with E-state index in [-0.39, 0.29) is 18.5 Å². The number of amides is 2. The monoisotopic (exact) mass is 576 g/mol. The Morgan fingerprint density at radius 3 is 2.25 bits per heavy atom. The van der Waals surface area contributed by atoms with E-state index in [0.29, 0.717) is 46.7 Å². The molecule has 4 aromatic carbocycles. The van der Waals surface area contributed by atoms with Crippen molar-refractivity contribution in [3.8, 4) is 17.2 Å². The average Bonchev–Trinajstić information content (AvgIpc) is 3.32. The standard InChI is InChI=1S/C31H29ClN2O5S/c1-40(36,37)30(23-8-5-9-29(18-23)38-21-22-6-3-2-4-7-22)19-26-20-33-31(35)34(26)25-12-16-28(17-13-25)39-27-14-10-24(32)11-15-27/h2-18,26,30H,19-21H2,1H3,(H,33,35). The van der Waals surface area contributed by atoms with Crippen LogP contribution in [-0.2, 0) is 16.4 Å². The molecule has 206 valence electrons. The summed E-state index contributed by atoms with van der Waals surface area (Å²) >= 11 is 5.94. The van der Waals surface area contributed by atoms with Gasteiger partial charge >= 0.3 is 6.03 Å². The van der Waals surface area contributed by atoms with E-state index in [9.17, 15) is 13.2 Å². The molecule has 0 bridgehead atoms. The first-order valence-electron chi connectivity index (χ1n) is 12.8. The molecule has 5 rings (SSSR count). The Labute approximate surface area is 239 Å². The maximum Gasteiger partial charge on any atom is 0.322 e. The van der Waals surface area contributed by atoms with E-state index in [2.05, 4.69) is 5.32 Å². The second kappa shape index (κ2) is 12.0. The number of benzene rings is 4. The van der Waals surface area contributed by atoms with Gasteiger partial charge < -0.3 is 14.8 Å². The van der Waals surface area contributed by atoms with E-state index in [1.54, 1.807) is 71.6 Å². The fourth-order valence-electron chi connectivity index (χ4n) is 4.73. The van der Waals surface area contributed by atoms with E-state index in [1.165, 1.54) is 6.26 Å². The lowest BCUT2D eigenvalue weighted by atomic mass is 10.0. The molecule has 2 unspecified atom stereocenters. The predicted molar refractivity (Wildman–Crippen MR) is 157 cm³/mol. The van der Waals surface area contributed by atoms with E-state index >= 15 is 0 Å². The first-order valence-corrected chi connectivity index (χ1v) is 15.2. The zero-order valence-electron chi connectivity index (χ0n) is 21.9. The third-order valence-electron chi connectivity index (χ3n) is 6.72. The molecular weight excluding hydrogens is 548 g/mol. The molecule has 1 aliphatic heterocycles. The molecule has 2 atom stereocenters. The second-order valence-corrected chi connectivity index (χ2v) is 12.3. The van der Waals surface area contributed by atoms with Crippen LogP contribution in [0.3, 0.4) is 0 Å². The number of anilines is 1. The van der Waals surface area contributed by atoms with Crippen molar-refractivity contribution in [2.45, 2.75) is 24.3 Å². The van der Waals surface area contributed by atoms with Crippen molar-refractivity contribution in [3.05, 3.63) is 119 Å². The highest BCUT2D eigenvalue weighted by atomic mass is 35.5. The molecule has 4 aromatic rings. The Morgan fingerprint density at radius 1 is 0.900 bits per heavy atom. The predicted octanol–water partition coefficient (Wildman–Crippen LogP) is 6.79. The summed E-state index contributed by atoms with van der Waals surface area (Å²) in [7, 11) is -3.51. The zero-order chi connectivity index (χ0) is 28.1. The number of nitrogens with one attached hydrogen (secondary N) is 1. The molecule has 1 saturated heterocycles. The Morgan fingerprint density at radius 2 is 1.57 bits per heavy atom. The SMILES string of the molecule is CS(=O)(=O)C(CC1CNC(=O)N1c1ccc(Oc2ccc(Cl)cc2)cc1)c1cccc(OCc2ccccc2)c1.